The molecule has 0 amide bonds. The molecule has 0 saturated carbocycles. The molecule has 0 rings (SSSR count). The van der Waals surface area contributed by atoms with Crippen molar-refractivity contribution in [1.29, 1.82) is 0 Å². The second-order valence-corrected chi connectivity index (χ2v) is 3.50. The number of nitrogens with two attached hydrogens (primary N) is 1. The van der Waals surface area contributed by atoms with Gasteiger partial charge in [0.15, 0.2) is 0 Å². The molecule has 0 aliphatic heterocycles. The van der Waals surface area contributed by atoms with E-state index in [1.54, 1.807) is 0 Å². The third kappa shape index (κ3) is 6.24. The second-order valence-electron chi connectivity index (χ2n) is 2.35. The van der Waals surface area contributed by atoms with Crippen LogP contribution in [0.25, 0.3) is 0 Å². The number of rotatable bonds is 6. The number of hydrazine groups is 1. The third-order valence-corrected chi connectivity index (χ3v) is 2.60. The van der Waals surface area contributed by atoms with Crippen LogP contribution < -0.4 is 11.3 Å². The smallest absolute Gasteiger partial charge is 0.0410 e. The summed E-state index contributed by atoms with van der Waals surface area (Å²) in [5, 5.41) is 0. The molecule has 11 heavy (non-hydrogen) atoms. The maximum atomic E-state index is 5.28. The molecule has 0 bridgehead atoms. The fraction of sp³-hybridized carbons (Fsp3) is 0.750. The molecule has 0 fully saturated rings. The highest BCUT2D eigenvalue weighted by Gasteiger charge is 2.02. The van der Waals surface area contributed by atoms with E-state index in [1.165, 1.54) is 12.2 Å². The van der Waals surface area contributed by atoms with Gasteiger partial charge in [0.25, 0.3) is 0 Å². The predicted octanol–water partition coefficient (Wildman–Crippen LogP) is 0.985. The van der Waals surface area contributed by atoms with Crippen molar-refractivity contribution in [3.05, 3.63) is 0 Å². The van der Waals surface area contributed by atoms with E-state index in [1.807, 2.05) is 11.8 Å². The molecule has 0 aromatic carbocycles. The number of nitrogens with one attached hydrogen (secondary N) is 1. The van der Waals surface area contributed by atoms with E-state index >= 15 is 0 Å². The summed E-state index contributed by atoms with van der Waals surface area (Å²) in [5.41, 5.74) is 2.70. The largest absolute Gasteiger partial charge is 0.271 e. The van der Waals surface area contributed by atoms with Crippen LogP contribution in [0.2, 0.25) is 0 Å². The quantitative estimate of drug-likeness (QED) is 0.271. The Morgan fingerprint density at radius 1 is 1.73 bits per heavy atom. The summed E-state index contributed by atoms with van der Waals surface area (Å²) >= 11 is 1.89. The minimum absolute atomic E-state index is 0.275. The summed E-state index contributed by atoms with van der Waals surface area (Å²) < 4.78 is 0. The number of hydrogen-bond acceptors (Lipinski definition) is 3. The van der Waals surface area contributed by atoms with E-state index in [-0.39, 0.29) is 6.04 Å². The molecule has 0 aliphatic carbocycles. The summed E-state index contributed by atoms with van der Waals surface area (Å²) in [6, 6.07) is 0.275. The van der Waals surface area contributed by atoms with Crippen molar-refractivity contribution < 1.29 is 0 Å². The van der Waals surface area contributed by atoms with Gasteiger partial charge in [-0.1, -0.05) is 6.92 Å². The maximum Gasteiger partial charge on any atom is 0.0410 e. The Bertz CT molecular complexity index is 120. The van der Waals surface area contributed by atoms with E-state index in [9.17, 15) is 0 Å². The van der Waals surface area contributed by atoms with Crippen LogP contribution in [0.3, 0.4) is 0 Å². The molecular formula is C8H16N2S. The number of thioether (sulfide) groups is 1. The topological polar surface area (TPSA) is 38.0 Å². The van der Waals surface area contributed by atoms with Crippen molar-refractivity contribution in [2.75, 3.05) is 11.5 Å². The average Bonchev–Trinajstić information content (AvgIpc) is 2.03. The molecule has 64 valence electrons. The molecule has 0 saturated heterocycles. The Morgan fingerprint density at radius 2 is 2.45 bits per heavy atom. The molecule has 0 radical (unpaired) electrons. The lowest BCUT2D eigenvalue weighted by atomic mass is 10.3. The van der Waals surface area contributed by atoms with Crippen LogP contribution >= 0.6 is 11.8 Å². The zero-order chi connectivity index (χ0) is 8.53. The predicted molar refractivity (Wildman–Crippen MR) is 52.2 cm³/mol. The molecule has 0 spiro atoms. The van der Waals surface area contributed by atoms with Gasteiger partial charge in [-0.3, -0.25) is 11.3 Å². The lowest BCUT2D eigenvalue weighted by molar-refractivity contribution is 0.592. The minimum Gasteiger partial charge on any atom is -0.271 e. The van der Waals surface area contributed by atoms with E-state index in [0.717, 1.165) is 5.75 Å². The maximum absolute atomic E-state index is 5.28. The summed E-state index contributed by atoms with van der Waals surface area (Å²) in [6.45, 7) is 2.17. The van der Waals surface area contributed by atoms with Crippen molar-refractivity contribution in [3.8, 4) is 12.3 Å². The fourth-order valence-corrected chi connectivity index (χ4v) is 1.63. The first-order chi connectivity index (χ1) is 5.35. The van der Waals surface area contributed by atoms with E-state index in [2.05, 4.69) is 18.3 Å². The molecule has 0 aliphatic rings. The summed E-state index contributed by atoms with van der Waals surface area (Å²) in [4.78, 5) is 0. The van der Waals surface area contributed by atoms with Gasteiger partial charge in [-0.15, -0.1) is 12.3 Å². The van der Waals surface area contributed by atoms with Gasteiger partial charge >= 0.3 is 0 Å². The zero-order valence-electron chi connectivity index (χ0n) is 6.97. The van der Waals surface area contributed by atoms with Crippen molar-refractivity contribution in [3.63, 3.8) is 0 Å². The van der Waals surface area contributed by atoms with Gasteiger partial charge in [-0.25, -0.2) is 0 Å². The van der Waals surface area contributed by atoms with Gasteiger partial charge in [0.2, 0.25) is 0 Å². The molecule has 0 heterocycles. The Kier molecular flexibility index (Phi) is 7.81. The highest BCUT2D eigenvalue weighted by Crippen LogP contribution is 2.05. The first-order valence-corrected chi connectivity index (χ1v) is 4.98. The molecule has 0 aromatic heterocycles. The monoisotopic (exact) mass is 172 g/mol. The summed E-state index contributed by atoms with van der Waals surface area (Å²) in [6.07, 6.45) is 7.08. The lowest BCUT2D eigenvalue weighted by Crippen LogP contribution is -2.36. The average molecular weight is 172 g/mol. The van der Waals surface area contributed by atoms with E-state index < -0.39 is 0 Å². The second kappa shape index (κ2) is 7.93. The van der Waals surface area contributed by atoms with Gasteiger partial charge in [-0.2, -0.15) is 11.8 Å². The normalized spacial score (nSPS) is 12.5. The highest BCUT2D eigenvalue weighted by atomic mass is 32.2. The van der Waals surface area contributed by atoms with Crippen molar-refractivity contribution in [2.24, 2.45) is 5.84 Å². The highest BCUT2D eigenvalue weighted by molar-refractivity contribution is 7.99. The number of terminal acetylenes is 1. The Hall–Kier alpha value is -0.170. The van der Waals surface area contributed by atoms with Gasteiger partial charge in [0.1, 0.15) is 0 Å². The van der Waals surface area contributed by atoms with E-state index in [0.29, 0.717) is 6.42 Å². The molecule has 1 unspecified atom stereocenters. The van der Waals surface area contributed by atoms with Gasteiger partial charge in [-0.05, 0) is 12.2 Å². The molecule has 2 nitrogen and oxygen atoms in total. The van der Waals surface area contributed by atoms with Crippen LogP contribution in [0, 0.1) is 12.3 Å². The molecular weight excluding hydrogens is 156 g/mol. The van der Waals surface area contributed by atoms with Crippen LogP contribution in [0.5, 0.6) is 0 Å². The van der Waals surface area contributed by atoms with Crippen LogP contribution in [0.4, 0.5) is 0 Å². The third-order valence-electron chi connectivity index (χ3n) is 1.27. The summed E-state index contributed by atoms with van der Waals surface area (Å²) in [7, 11) is 0. The van der Waals surface area contributed by atoms with Gasteiger partial charge in [0.05, 0.1) is 0 Å². The first kappa shape index (κ1) is 10.8. The van der Waals surface area contributed by atoms with Crippen LogP contribution in [0.1, 0.15) is 19.8 Å². The van der Waals surface area contributed by atoms with Crippen molar-refractivity contribution in [1.82, 2.24) is 5.43 Å². The lowest BCUT2D eigenvalue weighted by Gasteiger charge is -2.11. The van der Waals surface area contributed by atoms with Crippen LogP contribution in [-0.2, 0) is 0 Å². The van der Waals surface area contributed by atoms with Crippen LogP contribution in [-0.4, -0.2) is 17.5 Å². The van der Waals surface area contributed by atoms with E-state index in [4.69, 9.17) is 12.3 Å². The number of hydrogen-bond donors (Lipinski definition) is 2. The van der Waals surface area contributed by atoms with Gasteiger partial charge in [0, 0.05) is 18.2 Å². The molecule has 0 aromatic rings. The van der Waals surface area contributed by atoms with Crippen molar-refractivity contribution in [2.45, 2.75) is 25.8 Å². The summed E-state index contributed by atoms with van der Waals surface area (Å²) in [5.74, 6) is 10.1. The Balaban J connectivity index is 3.30. The SMILES string of the molecule is C#CCC(CSCCC)NN. The first-order valence-electron chi connectivity index (χ1n) is 3.82. The standard InChI is InChI=1S/C8H16N2S/c1-3-5-8(10-9)7-11-6-4-2/h1,8,10H,4-7,9H2,2H3. The van der Waals surface area contributed by atoms with Crippen LogP contribution in [0.15, 0.2) is 0 Å². The Labute approximate surface area is 73.3 Å². The van der Waals surface area contributed by atoms with Crippen molar-refractivity contribution >= 4 is 11.8 Å². The molecule has 1 atom stereocenters. The molecule has 3 N–H and O–H groups in total. The Morgan fingerprint density at radius 3 is 2.91 bits per heavy atom. The fourth-order valence-electron chi connectivity index (χ4n) is 0.678. The molecule has 3 heteroatoms. The minimum atomic E-state index is 0.275. The van der Waals surface area contributed by atoms with Gasteiger partial charge < -0.3 is 0 Å². The zero-order valence-corrected chi connectivity index (χ0v) is 7.79.